The van der Waals surface area contributed by atoms with Gasteiger partial charge in [0.05, 0.1) is 19.7 Å². The average molecular weight is 488 g/mol. The predicted octanol–water partition coefficient (Wildman–Crippen LogP) is 2.15. The maximum atomic E-state index is 13.8. The third-order valence-corrected chi connectivity index (χ3v) is 5.36. The summed E-state index contributed by atoms with van der Waals surface area (Å²) in [5, 5.41) is 3.05. The Morgan fingerprint density at radius 1 is 1.08 bits per heavy atom. The van der Waals surface area contributed by atoms with E-state index in [2.05, 4.69) is 20.3 Å². The van der Waals surface area contributed by atoms with E-state index in [4.69, 9.17) is 10.5 Å². The van der Waals surface area contributed by atoms with Gasteiger partial charge in [-0.15, -0.1) is 0 Å². The zero-order valence-corrected chi connectivity index (χ0v) is 19.5. The van der Waals surface area contributed by atoms with Gasteiger partial charge in [-0.1, -0.05) is 36.4 Å². The topological polar surface area (TPSA) is 148 Å². The molecule has 4 rings (SSSR count). The molecule has 184 valence electrons. The molecule has 0 aliphatic carbocycles. The van der Waals surface area contributed by atoms with E-state index in [1.807, 2.05) is 30.3 Å². The number of nitrogen functional groups attached to an aromatic ring is 1. The van der Waals surface area contributed by atoms with Crippen molar-refractivity contribution in [3.63, 3.8) is 0 Å². The van der Waals surface area contributed by atoms with Crippen LogP contribution in [0.25, 0.3) is 0 Å². The maximum Gasteiger partial charge on any atom is 0.330 e. The summed E-state index contributed by atoms with van der Waals surface area (Å²) in [6, 6.07) is 17.6. The van der Waals surface area contributed by atoms with Gasteiger partial charge in [-0.05, 0) is 29.8 Å². The van der Waals surface area contributed by atoms with Gasteiger partial charge in [-0.2, -0.15) is 0 Å². The number of aromatic nitrogens is 4. The van der Waals surface area contributed by atoms with Crippen LogP contribution in [0, 0.1) is 0 Å². The fourth-order valence-corrected chi connectivity index (χ4v) is 3.64. The van der Waals surface area contributed by atoms with Gasteiger partial charge >= 0.3 is 5.69 Å². The molecule has 36 heavy (non-hydrogen) atoms. The van der Waals surface area contributed by atoms with Crippen molar-refractivity contribution in [3.8, 4) is 0 Å². The van der Waals surface area contributed by atoms with Crippen molar-refractivity contribution in [2.75, 3.05) is 29.7 Å². The summed E-state index contributed by atoms with van der Waals surface area (Å²) in [6.45, 7) is 0.348. The number of amides is 1. The van der Waals surface area contributed by atoms with Crippen molar-refractivity contribution in [2.45, 2.75) is 13.1 Å². The SMILES string of the molecule is COCCn1c(N)c(N(Cc2ccccc2)C(=O)c2cccc(Nc3ncccn3)c2)c(=O)[nH]c1=O. The minimum atomic E-state index is -0.762. The summed E-state index contributed by atoms with van der Waals surface area (Å²) in [7, 11) is 1.49. The number of carbonyl (C=O) groups excluding carboxylic acids is 1. The molecule has 0 unspecified atom stereocenters. The summed E-state index contributed by atoms with van der Waals surface area (Å²) in [6.07, 6.45) is 3.19. The standard InChI is InChI=1S/C25H25N7O4/c1-36-14-13-31-21(26)20(22(33)30-25(31)35)32(16-17-7-3-2-4-8-17)23(34)18-9-5-10-19(15-18)29-24-27-11-6-12-28-24/h2-12,15H,13-14,16,26H2,1H3,(H,27,28,29)(H,30,33,35). The fraction of sp³-hybridized carbons (Fsp3) is 0.160. The molecule has 4 N–H and O–H groups in total. The molecule has 0 radical (unpaired) electrons. The van der Waals surface area contributed by atoms with Crippen molar-refractivity contribution in [2.24, 2.45) is 0 Å². The van der Waals surface area contributed by atoms with Gasteiger partial charge in [-0.3, -0.25) is 24.0 Å². The molecular weight excluding hydrogens is 462 g/mol. The number of rotatable bonds is 9. The van der Waals surface area contributed by atoms with Crippen LogP contribution in [-0.4, -0.2) is 39.1 Å². The third-order valence-electron chi connectivity index (χ3n) is 5.36. The Kier molecular flexibility index (Phi) is 7.51. The Labute approximate surface area is 206 Å². The number of hydrogen-bond donors (Lipinski definition) is 3. The zero-order valence-electron chi connectivity index (χ0n) is 19.5. The first-order valence-electron chi connectivity index (χ1n) is 11.1. The van der Waals surface area contributed by atoms with Gasteiger partial charge in [0.2, 0.25) is 5.95 Å². The number of carbonyl (C=O) groups is 1. The maximum absolute atomic E-state index is 13.8. The highest BCUT2D eigenvalue weighted by Crippen LogP contribution is 2.23. The lowest BCUT2D eigenvalue weighted by atomic mass is 10.1. The summed E-state index contributed by atoms with van der Waals surface area (Å²) < 4.78 is 6.23. The lowest BCUT2D eigenvalue weighted by Crippen LogP contribution is -2.41. The fourth-order valence-electron chi connectivity index (χ4n) is 3.64. The molecule has 2 aromatic carbocycles. The Hall–Kier alpha value is -4.77. The highest BCUT2D eigenvalue weighted by molar-refractivity contribution is 6.07. The quantitative estimate of drug-likeness (QED) is 0.325. The first kappa shape index (κ1) is 24.4. The van der Waals surface area contributed by atoms with Crippen LogP contribution in [0.1, 0.15) is 15.9 Å². The second kappa shape index (κ2) is 11.1. The first-order chi connectivity index (χ1) is 17.5. The van der Waals surface area contributed by atoms with Crippen LogP contribution in [0.4, 0.5) is 23.1 Å². The van der Waals surface area contributed by atoms with E-state index in [1.165, 1.54) is 16.6 Å². The second-order valence-electron chi connectivity index (χ2n) is 7.79. The van der Waals surface area contributed by atoms with Crippen molar-refractivity contribution in [1.82, 2.24) is 19.5 Å². The van der Waals surface area contributed by atoms with E-state index in [-0.39, 0.29) is 31.2 Å². The number of nitrogens with one attached hydrogen (secondary N) is 2. The number of nitrogens with zero attached hydrogens (tertiary/aromatic N) is 4. The highest BCUT2D eigenvalue weighted by atomic mass is 16.5. The molecule has 11 heteroatoms. The van der Waals surface area contributed by atoms with Gasteiger partial charge in [0.1, 0.15) is 5.82 Å². The van der Waals surface area contributed by atoms with E-state index in [1.54, 1.807) is 42.7 Å². The van der Waals surface area contributed by atoms with Gasteiger partial charge in [0, 0.05) is 30.8 Å². The normalized spacial score (nSPS) is 10.7. The molecule has 0 aliphatic rings. The molecule has 0 atom stereocenters. The van der Waals surface area contributed by atoms with Crippen LogP contribution in [-0.2, 0) is 17.8 Å². The molecule has 0 fully saturated rings. The molecule has 2 heterocycles. The number of nitrogens with two attached hydrogens (primary N) is 1. The van der Waals surface area contributed by atoms with E-state index in [0.29, 0.717) is 17.2 Å². The number of benzene rings is 2. The van der Waals surface area contributed by atoms with Crippen molar-refractivity contribution >= 4 is 29.0 Å². The number of aromatic amines is 1. The van der Waals surface area contributed by atoms with Crippen molar-refractivity contribution in [1.29, 1.82) is 0 Å². The Balaban J connectivity index is 1.77. The van der Waals surface area contributed by atoms with E-state index in [9.17, 15) is 14.4 Å². The summed E-state index contributed by atoms with van der Waals surface area (Å²) in [5.74, 6) is -0.239. The number of anilines is 4. The third kappa shape index (κ3) is 5.47. The van der Waals surface area contributed by atoms with Crippen LogP contribution in [0.2, 0.25) is 0 Å². The summed E-state index contributed by atoms with van der Waals surface area (Å²) in [5.41, 5.74) is 6.37. The predicted molar refractivity (Wildman–Crippen MR) is 136 cm³/mol. The highest BCUT2D eigenvalue weighted by Gasteiger charge is 2.26. The second-order valence-corrected chi connectivity index (χ2v) is 7.79. The largest absolute Gasteiger partial charge is 0.383 e. The molecule has 1 amide bonds. The van der Waals surface area contributed by atoms with Crippen LogP contribution in [0.3, 0.4) is 0 Å². The molecule has 2 aromatic heterocycles. The van der Waals surface area contributed by atoms with Crippen molar-refractivity contribution in [3.05, 3.63) is 105 Å². The smallest absolute Gasteiger partial charge is 0.330 e. The van der Waals surface area contributed by atoms with Crippen LogP contribution >= 0.6 is 0 Å². The molecule has 4 aromatic rings. The average Bonchev–Trinajstić information content (AvgIpc) is 2.89. The number of H-pyrrole nitrogens is 1. The van der Waals surface area contributed by atoms with E-state index in [0.717, 1.165) is 5.56 Å². The lowest BCUT2D eigenvalue weighted by Gasteiger charge is -2.25. The Morgan fingerprint density at radius 2 is 1.83 bits per heavy atom. The summed E-state index contributed by atoms with van der Waals surface area (Å²) in [4.78, 5) is 51.0. The Morgan fingerprint density at radius 3 is 2.56 bits per heavy atom. The molecule has 0 bridgehead atoms. The van der Waals surface area contributed by atoms with E-state index >= 15 is 0 Å². The number of ether oxygens (including phenoxy) is 1. The molecule has 0 spiro atoms. The van der Waals surface area contributed by atoms with Crippen LogP contribution < -0.4 is 27.2 Å². The van der Waals surface area contributed by atoms with Crippen molar-refractivity contribution < 1.29 is 9.53 Å². The van der Waals surface area contributed by atoms with Gasteiger partial charge in [0.15, 0.2) is 5.69 Å². The van der Waals surface area contributed by atoms with Crippen LogP contribution in [0.5, 0.6) is 0 Å². The van der Waals surface area contributed by atoms with E-state index < -0.39 is 17.2 Å². The zero-order chi connectivity index (χ0) is 25.5. The number of hydrogen-bond acceptors (Lipinski definition) is 8. The van der Waals surface area contributed by atoms with Gasteiger partial charge < -0.3 is 15.8 Å². The molecule has 0 saturated carbocycles. The molecule has 0 saturated heterocycles. The minimum absolute atomic E-state index is 0.0505. The first-order valence-corrected chi connectivity index (χ1v) is 11.1. The van der Waals surface area contributed by atoms with Gasteiger partial charge in [-0.25, -0.2) is 14.8 Å². The summed E-state index contributed by atoms with van der Waals surface area (Å²) >= 11 is 0. The Bertz CT molecular complexity index is 1450. The van der Waals surface area contributed by atoms with Gasteiger partial charge in [0.25, 0.3) is 11.5 Å². The number of methoxy groups -OCH3 is 1. The molecular formula is C25H25N7O4. The van der Waals surface area contributed by atoms with Crippen LogP contribution in [0.15, 0.2) is 82.6 Å². The minimum Gasteiger partial charge on any atom is -0.383 e. The molecule has 0 aliphatic heterocycles. The molecule has 11 nitrogen and oxygen atoms in total. The monoisotopic (exact) mass is 487 g/mol. The lowest BCUT2D eigenvalue weighted by molar-refractivity contribution is 0.0984.